The van der Waals surface area contributed by atoms with Crippen molar-refractivity contribution in [2.45, 2.75) is 38.0 Å². The number of benzene rings is 3. The first-order valence-electron chi connectivity index (χ1n) is 12.3. The highest BCUT2D eigenvalue weighted by Crippen LogP contribution is 2.46. The second-order valence-corrected chi connectivity index (χ2v) is 10.4. The van der Waals surface area contributed by atoms with Crippen LogP contribution in [0.1, 0.15) is 48.3 Å². The third-order valence-corrected chi connectivity index (χ3v) is 7.65. The summed E-state index contributed by atoms with van der Waals surface area (Å²) in [6, 6.07) is 28.0. The van der Waals surface area contributed by atoms with Gasteiger partial charge in [0.1, 0.15) is 5.92 Å². The number of halogens is 1. The molecule has 0 spiro atoms. The molecule has 5 heteroatoms. The van der Waals surface area contributed by atoms with Crippen LogP contribution in [0.2, 0.25) is 0 Å². The summed E-state index contributed by atoms with van der Waals surface area (Å²) in [5.41, 5.74) is 5.36. The zero-order valence-electron chi connectivity index (χ0n) is 20.2. The molecule has 1 heterocycles. The quantitative estimate of drug-likeness (QED) is 0.322. The lowest BCUT2D eigenvalue weighted by Gasteiger charge is -2.36. The molecule has 3 atom stereocenters. The summed E-state index contributed by atoms with van der Waals surface area (Å²) in [7, 11) is 0. The molecule has 3 aromatic rings. The summed E-state index contributed by atoms with van der Waals surface area (Å²) in [4.78, 5) is 32.0. The molecule has 1 aliphatic heterocycles. The average Bonchev–Trinajstić information content (AvgIpc) is 2.89. The standard InChI is InChI=1S/C31H28BrNO3/c1-20-28(31(35)36-17-16-21-8-4-2-5-9-21)29(23-12-14-25(32)15-13-23)30-26(33-20)18-24(19-27(30)34)22-10-6-3-7-11-22/h2-15,24,28-29H,16-19H2,1H3/t24-,28?,29+/m1/s1. The Balaban J connectivity index is 1.46. The monoisotopic (exact) mass is 541 g/mol. The van der Waals surface area contributed by atoms with Crippen LogP contribution in [0.4, 0.5) is 0 Å². The first-order valence-corrected chi connectivity index (χ1v) is 13.1. The van der Waals surface area contributed by atoms with Crippen LogP contribution in [0.5, 0.6) is 0 Å². The number of Topliss-reactive ketones (excluding diaryl/α,β-unsaturated/α-hetero) is 1. The highest BCUT2D eigenvalue weighted by atomic mass is 79.9. The summed E-state index contributed by atoms with van der Waals surface area (Å²) in [6.45, 7) is 2.17. The van der Waals surface area contributed by atoms with Crippen molar-refractivity contribution in [2.75, 3.05) is 6.61 Å². The number of hydrogen-bond donors (Lipinski definition) is 0. The third kappa shape index (κ3) is 5.12. The maximum atomic E-state index is 13.6. The molecule has 3 aromatic carbocycles. The normalized spacial score (nSPS) is 21.6. The van der Waals surface area contributed by atoms with Crippen LogP contribution in [0.15, 0.2) is 106 Å². The Morgan fingerprint density at radius 1 is 0.917 bits per heavy atom. The fourth-order valence-corrected chi connectivity index (χ4v) is 5.62. The van der Waals surface area contributed by atoms with Gasteiger partial charge in [0.25, 0.3) is 0 Å². The molecule has 0 amide bonds. The highest BCUT2D eigenvalue weighted by molar-refractivity contribution is 9.10. The molecule has 182 valence electrons. The van der Waals surface area contributed by atoms with E-state index in [-0.39, 0.29) is 24.3 Å². The number of esters is 1. The van der Waals surface area contributed by atoms with Gasteiger partial charge in [-0.3, -0.25) is 14.6 Å². The Labute approximate surface area is 220 Å². The van der Waals surface area contributed by atoms with Crippen LogP contribution in [0.25, 0.3) is 0 Å². The summed E-state index contributed by atoms with van der Waals surface area (Å²) in [5, 5.41) is 0. The fourth-order valence-electron chi connectivity index (χ4n) is 5.36. The van der Waals surface area contributed by atoms with E-state index in [1.165, 1.54) is 0 Å². The number of ketones is 1. The minimum atomic E-state index is -0.627. The predicted molar refractivity (Wildman–Crippen MR) is 145 cm³/mol. The SMILES string of the molecule is CC1=NC2=C(C(=O)C[C@H](c3ccccc3)C2)[C@@H](c2ccc(Br)cc2)C1C(=O)OCCc1ccccc1. The van der Waals surface area contributed by atoms with Crippen LogP contribution in [0, 0.1) is 5.92 Å². The lowest BCUT2D eigenvalue weighted by atomic mass is 9.69. The first-order chi connectivity index (χ1) is 17.5. The Hall–Kier alpha value is -3.31. The zero-order chi connectivity index (χ0) is 25.1. The molecule has 2 aliphatic rings. The highest BCUT2D eigenvalue weighted by Gasteiger charge is 2.44. The zero-order valence-corrected chi connectivity index (χ0v) is 21.8. The fraction of sp³-hybridized carbons (Fsp3) is 0.258. The first kappa shape index (κ1) is 24.4. The molecule has 0 fully saturated rings. The molecule has 0 saturated heterocycles. The molecule has 4 nitrogen and oxygen atoms in total. The smallest absolute Gasteiger partial charge is 0.315 e. The summed E-state index contributed by atoms with van der Waals surface area (Å²) in [5.74, 6) is -1.20. The van der Waals surface area contributed by atoms with Crippen molar-refractivity contribution in [3.8, 4) is 0 Å². The second kappa shape index (κ2) is 10.8. The van der Waals surface area contributed by atoms with Crippen LogP contribution >= 0.6 is 15.9 Å². The molecule has 5 rings (SSSR count). The summed E-state index contributed by atoms with van der Waals surface area (Å²) in [6.07, 6.45) is 1.75. The van der Waals surface area contributed by atoms with Crippen molar-refractivity contribution >= 4 is 33.4 Å². The molecule has 1 aliphatic carbocycles. The molecule has 0 bridgehead atoms. The van der Waals surface area contributed by atoms with Crippen molar-refractivity contribution in [3.63, 3.8) is 0 Å². The van der Waals surface area contributed by atoms with Gasteiger partial charge in [-0.25, -0.2) is 0 Å². The Kier molecular flexibility index (Phi) is 7.28. The van der Waals surface area contributed by atoms with Gasteiger partial charge < -0.3 is 4.74 Å². The van der Waals surface area contributed by atoms with E-state index in [1.807, 2.05) is 79.7 Å². The molecule has 36 heavy (non-hydrogen) atoms. The number of ether oxygens (including phenoxy) is 1. The number of carbonyl (C=O) groups excluding carboxylic acids is 2. The molecular formula is C31H28BrNO3. The van der Waals surface area contributed by atoms with Crippen LogP contribution < -0.4 is 0 Å². The number of allylic oxidation sites excluding steroid dienone is 2. The number of aliphatic imine (C=N–C) groups is 1. The van der Waals surface area contributed by atoms with E-state index < -0.39 is 11.8 Å². The van der Waals surface area contributed by atoms with Gasteiger partial charge >= 0.3 is 5.97 Å². The average molecular weight is 542 g/mol. The van der Waals surface area contributed by atoms with Gasteiger partial charge in [-0.2, -0.15) is 0 Å². The largest absolute Gasteiger partial charge is 0.465 e. The maximum absolute atomic E-state index is 13.6. The molecule has 0 aromatic heterocycles. The molecular weight excluding hydrogens is 514 g/mol. The van der Waals surface area contributed by atoms with Crippen molar-refractivity contribution in [1.29, 1.82) is 0 Å². The minimum absolute atomic E-state index is 0.0661. The van der Waals surface area contributed by atoms with Crippen LogP contribution in [-0.4, -0.2) is 24.1 Å². The van der Waals surface area contributed by atoms with Crippen molar-refractivity contribution in [1.82, 2.24) is 0 Å². The molecule has 0 radical (unpaired) electrons. The molecule has 1 unspecified atom stereocenters. The van der Waals surface area contributed by atoms with E-state index >= 15 is 0 Å². The van der Waals surface area contributed by atoms with Gasteiger partial charge in [-0.05, 0) is 48.1 Å². The van der Waals surface area contributed by atoms with E-state index in [4.69, 9.17) is 9.73 Å². The van der Waals surface area contributed by atoms with E-state index in [1.54, 1.807) is 0 Å². The lowest BCUT2D eigenvalue weighted by molar-refractivity contribution is -0.146. The van der Waals surface area contributed by atoms with Crippen molar-refractivity contribution < 1.29 is 14.3 Å². The van der Waals surface area contributed by atoms with Gasteiger partial charge in [0.2, 0.25) is 0 Å². The van der Waals surface area contributed by atoms with Gasteiger partial charge in [-0.15, -0.1) is 0 Å². The van der Waals surface area contributed by atoms with Crippen LogP contribution in [0.3, 0.4) is 0 Å². The van der Waals surface area contributed by atoms with E-state index in [0.29, 0.717) is 30.5 Å². The maximum Gasteiger partial charge on any atom is 0.315 e. The topological polar surface area (TPSA) is 55.7 Å². The summed E-state index contributed by atoms with van der Waals surface area (Å²) < 4.78 is 6.72. The van der Waals surface area contributed by atoms with Gasteiger partial charge in [0.05, 0.1) is 6.61 Å². The minimum Gasteiger partial charge on any atom is -0.465 e. The third-order valence-electron chi connectivity index (χ3n) is 7.12. The van der Waals surface area contributed by atoms with E-state index in [0.717, 1.165) is 26.9 Å². The van der Waals surface area contributed by atoms with Gasteiger partial charge in [-0.1, -0.05) is 88.7 Å². The summed E-state index contributed by atoms with van der Waals surface area (Å²) >= 11 is 3.50. The van der Waals surface area contributed by atoms with Crippen LogP contribution in [-0.2, 0) is 20.7 Å². The number of hydrogen-bond acceptors (Lipinski definition) is 4. The second-order valence-electron chi connectivity index (χ2n) is 9.46. The van der Waals surface area contributed by atoms with Crippen molar-refractivity contribution in [3.05, 3.63) is 117 Å². The number of nitrogens with zero attached hydrogens (tertiary/aromatic N) is 1. The number of rotatable bonds is 6. The van der Waals surface area contributed by atoms with Gasteiger partial charge in [0, 0.05) is 40.2 Å². The predicted octanol–water partition coefficient (Wildman–Crippen LogP) is 6.81. The Morgan fingerprint density at radius 2 is 1.58 bits per heavy atom. The molecule has 0 saturated carbocycles. The Morgan fingerprint density at radius 3 is 2.28 bits per heavy atom. The molecule has 0 N–H and O–H groups in total. The number of carbonyl (C=O) groups is 2. The van der Waals surface area contributed by atoms with E-state index in [2.05, 4.69) is 28.1 Å². The lowest BCUT2D eigenvalue weighted by Crippen LogP contribution is -2.38. The van der Waals surface area contributed by atoms with E-state index in [9.17, 15) is 9.59 Å². The van der Waals surface area contributed by atoms with Crippen molar-refractivity contribution in [2.24, 2.45) is 10.9 Å². The van der Waals surface area contributed by atoms with Gasteiger partial charge in [0.15, 0.2) is 5.78 Å². The Bertz CT molecular complexity index is 1310.